The quantitative estimate of drug-likeness (QED) is 0.684. The fourth-order valence-corrected chi connectivity index (χ4v) is 3.07. The number of amides is 1. The normalized spacial score (nSPS) is 31.8. The molecular formula is C13H20N2O2. The molecule has 2 aliphatic rings. The first-order valence-electron chi connectivity index (χ1n) is 6.35. The van der Waals surface area contributed by atoms with E-state index in [9.17, 15) is 9.90 Å². The van der Waals surface area contributed by atoms with Crippen LogP contribution < -0.4 is 5.32 Å². The van der Waals surface area contributed by atoms with Crippen LogP contribution in [0, 0.1) is 11.8 Å². The lowest BCUT2D eigenvalue weighted by molar-refractivity contribution is -0.115. The Bertz CT molecular complexity index is 331. The van der Waals surface area contributed by atoms with Crippen molar-refractivity contribution in [2.24, 2.45) is 0 Å². The van der Waals surface area contributed by atoms with Crippen LogP contribution in [0.4, 0.5) is 0 Å². The van der Waals surface area contributed by atoms with Gasteiger partial charge in [0.15, 0.2) is 0 Å². The molecule has 0 aromatic heterocycles. The van der Waals surface area contributed by atoms with Gasteiger partial charge in [0.05, 0.1) is 6.10 Å². The molecule has 2 heterocycles. The van der Waals surface area contributed by atoms with Crippen LogP contribution in [0.25, 0.3) is 0 Å². The lowest BCUT2D eigenvalue weighted by Gasteiger charge is -2.37. The molecule has 0 radical (unpaired) electrons. The summed E-state index contributed by atoms with van der Waals surface area (Å²) in [6.07, 6.45) is 4.03. The highest BCUT2D eigenvalue weighted by Crippen LogP contribution is 2.35. The lowest BCUT2D eigenvalue weighted by Crippen LogP contribution is -2.47. The maximum atomic E-state index is 11.2. The minimum absolute atomic E-state index is 0.121. The van der Waals surface area contributed by atoms with Crippen LogP contribution in [-0.2, 0) is 4.79 Å². The van der Waals surface area contributed by atoms with Crippen LogP contribution in [0.2, 0.25) is 0 Å². The zero-order valence-corrected chi connectivity index (χ0v) is 10.3. The van der Waals surface area contributed by atoms with E-state index < -0.39 is 0 Å². The molecule has 2 bridgehead atoms. The SMILES string of the molecule is CC#CC(=O)NCCN1C2CCC1CC(O)C2. The third-order valence-corrected chi connectivity index (χ3v) is 3.75. The lowest BCUT2D eigenvalue weighted by atomic mass is 10.00. The molecule has 2 aliphatic heterocycles. The average molecular weight is 236 g/mol. The van der Waals surface area contributed by atoms with Crippen molar-refractivity contribution in [3.8, 4) is 11.8 Å². The van der Waals surface area contributed by atoms with Gasteiger partial charge in [-0.3, -0.25) is 9.69 Å². The highest BCUT2D eigenvalue weighted by atomic mass is 16.3. The Balaban J connectivity index is 1.76. The van der Waals surface area contributed by atoms with Crippen molar-refractivity contribution in [2.45, 2.75) is 50.8 Å². The molecule has 2 N–H and O–H groups in total. The maximum absolute atomic E-state index is 11.2. The van der Waals surface area contributed by atoms with Gasteiger partial charge >= 0.3 is 0 Å². The summed E-state index contributed by atoms with van der Waals surface area (Å²) < 4.78 is 0. The average Bonchev–Trinajstić information content (AvgIpc) is 2.53. The summed E-state index contributed by atoms with van der Waals surface area (Å²) in [5.74, 6) is 4.86. The summed E-state index contributed by atoms with van der Waals surface area (Å²) in [7, 11) is 0. The Morgan fingerprint density at radius 1 is 1.41 bits per heavy atom. The van der Waals surface area contributed by atoms with Crippen LogP contribution in [-0.4, -0.2) is 47.2 Å². The Kier molecular flexibility index (Phi) is 4.03. The summed E-state index contributed by atoms with van der Waals surface area (Å²) in [5, 5.41) is 12.5. The number of rotatable bonds is 3. The maximum Gasteiger partial charge on any atom is 0.295 e. The molecule has 4 nitrogen and oxygen atoms in total. The fraction of sp³-hybridized carbons (Fsp3) is 0.769. The van der Waals surface area contributed by atoms with Gasteiger partial charge in [-0.25, -0.2) is 0 Å². The zero-order chi connectivity index (χ0) is 12.3. The zero-order valence-electron chi connectivity index (χ0n) is 10.3. The molecule has 2 saturated heterocycles. The Hall–Kier alpha value is -1.05. The van der Waals surface area contributed by atoms with Crippen LogP contribution in [0.3, 0.4) is 0 Å². The number of nitrogens with zero attached hydrogens (tertiary/aromatic N) is 1. The van der Waals surface area contributed by atoms with Gasteiger partial charge < -0.3 is 10.4 Å². The number of nitrogens with one attached hydrogen (secondary N) is 1. The van der Waals surface area contributed by atoms with E-state index in [1.54, 1.807) is 6.92 Å². The second-order valence-corrected chi connectivity index (χ2v) is 4.88. The van der Waals surface area contributed by atoms with E-state index in [1.165, 1.54) is 12.8 Å². The number of aliphatic hydroxyl groups is 1. The molecule has 4 heteroatoms. The summed E-state index contributed by atoms with van der Waals surface area (Å²) in [6, 6.07) is 1.02. The van der Waals surface area contributed by atoms with Gasteiger partial charge in [-0.15, -0.1) is 0 Å². The fourth-order valence-electron chi connectivity index (χ4n) is 3.07. The largest absolute Gasteiger partial charge is 0.393 e. The Labute approximate surface area is 102 Å². The second kappa shape index (κ2) is 5.52. The van der Waals surface area contributed by atoms with Gasteiger partial charge in [-0.2, -0.15) is 0 Å². The molecule has 0 aromatic rings. The van der Waals surface area contributed by atoms with Crippen molar-refractivity contribution in [3.05, 3.63) is 0 Å². The van der Waals surface area contributed by atoms with E-state index in [4.69, 9.17) is 0 Å². The monoisotopic (exact) mass is 236 g/mol. The van der Waals surface area contributed by atoms with Gasteiger partial charge in [-0.05, 0) is 38.5 Å². The number of aliphatic hydroxyl groups excluding tert-OH is 1. The van der Waals surface area contributed by atoms with Crippen LogP contribution in [0.15, 0.2) is 0 Å². The number of carbonyl (C=O) groups is 1. The summed E-state index contributed by atoms with van der Waals surface area (Å²) in [5.41, 5.74) is 0. The van der Waals surface area contributed by atoms with Crippen LogP contribution in [0.1, 0.15) is 32.6 Å². The highest BCUT2D eigenvalue weighted by molar-refractivity contribution is 5.93. The second-order valence-electron chi connectivity index (χ2n) is 4.88. The van der Waals surface area contributed by atoms with Crippen molar-refractivity contribution >= 4 is 5.91 Å². The minimum atomic E-state index is -0.197. The van der Waals surface area contributed by atoms with Gasteiger partial charge in [0.1, 0.15) is 0 Å². The standard InChI is InChI=1S/C13H20N2O2/c1-2-3-13(17)14-6-7-15-10-4-5-11(15)9-12(16)8-10/h10-12,16H,4-9H2,1H3,(H,14,17). The minimum Gasteiger partial charge on any atom is -0.393 e. The van der Waals surface area contributed by atoms with Gasteiger partial charge in [-0.1, -0.05) is 5.92 Å². The molecule has 2 unspecified atom stereocenters. The van der Waals surface area contributed by atoms with E-state index in [1.807, 2.05) is 0 Å². The summed E-state index contributed by atoms with van der Waals surface area (Å²) in [6.45, 7) is 3.18. The highest BCUT2D eigenvalue weighted by Gasteiger charge is 2.39. The number of piperidine rings is 1. The van der Waals surface area contributed by atoms with E-state index in [0.29, 0.717) is 18.6 Å². The first-order valence-corrected chi connectivity index (χ1v) is 6.35. The third kappa shape index (κ3) is 2.99. The number of carbonyl (C=O) groups excluding carboxylic acids is 1. The van der Waals surface area contributed by atoms with Crippen LogP contribution in [0.5, 0.6) is 0 Å². The molecular weight excluding hydrogens is 216 g/mol. The number of hydrogen-bond donors (Lipinski definition) is 2. The molecule has 0 spiro atoms. The topological polar surface area (TPSA) is 52.6 Å². The third-order valence-electron chi connectivity index (χ3n) is 3.75. The molecule has 1 amide bonds. The van der Waals surface area contributed by atoms with Crippen molar-refractivity contribution in [1.82, 2.24) is 10.2 Å². The van der Waals surface area contributed by atoms with E-state index in [2.05, 4.69) is 22.1 Å². The first kappa shape index (κ1) is 12.4. The molecule has 0 aromatic carbocycles. The Morgan fingerprint density at radius 3 is 2.65 bits per heavy atom. The molecule has 2 atom stereocenters. The molecule has 2 fully saturated rings. The molecule has 17 heavy (non-hydrogen) atoms. The first-order chi connectivity index (χ1) is 8.20. The molecule has 2 rings (SSSR count). The van der Waals surface area contributed by atoms with Crippen LogP contribution >= 0.6 is 0 Å². The van der Waals surface area contributed by atoms with E-state index >= 15 is 0 Å². The van der Waals surface area contributed by atoms with Crippen molar-refractivity contribution in [3.63, 3.8) is 0 Å². The van der Waals surface area contributed by atoms with Crippen molar-refractivity contribution in [2.75, 3.05) is 13.1 Å². The Morgan fingerprint density at radius 2 is 2.06 bits per heavy atom. The van der Waals surface area contributed by atoms with E-state index in [0.717, 1.165) is 19.4 Å². The predicted molar refractivity (Wildman–Crippen MR) is 65.2 cm³/mol. The van der Waals surface area contributed by atoms with Gasteiger partial charge in [0.2, 0.25) is 0 Å². The molecule has 0 saturated carbocycles. The van der Waals surface area contributed by atoms with Crippen molar-refractivity contribution < 1.29 is 9.90 Å². The predicted octanol–water partition coefficient (Wildman–Crippen LogP) is 0.114. The molecule has 94 valence electrons. The van der Waals surface area contributed by atoms with E-state index in [-0.39, 0.29) is 12.0 Å². The number of fused-ring (bicyclic) bond motifs is 2. The van der Waals surface area contributed by atoms with Gasteiger partial charge in [0.25, 0.3) is 5.91 Å². The summed E-state index contributed by atoms with van der Waals surface area (Å²) >= 11 is 0. The number of hydrogen-bond acceptors (Lipinski definition) is 3. The van der Waals surface area contributed by atoms with Crippen molar-refractivity contribution in [1.29, 1.82) is 0 Å². The molecule has 0 aliphatic carbocycles. The summed E-state index contributed by atoms with van der Waals surface area (Å²) in [4.78, 5) is 13.6. The smallest absolute Gasteiger partial charge is 0.295 e. The van der Waals surface area contributed by atoms with Gasteiger partial charge in [0, 0.05) is 25.2 Å².